The van der Waals surface area contributed by atoms with Gasteiger partial charge in [0.2, 0.25) is 0 Å². The predicted octanol–water partition coefficient (Wildman–Crippen LogP) is 3.41. The normalized spacial score (nSPS) is 11.4. The van der Waals surface area contributed by atoms with E-state index in [1.54, 1.807) is 12.7 Å². The van der Waals surface area contributed by atoms with E-state index in [9.17, 15) is 0 Å². The molecule has 0 saturated carbocycles. The van der Waals surface area contributed by atoms with Crippen molar-refractivity contribution < 1.29 is 0 Å². The maximum Gasteiger partial charge on any atom is 0.0931 e. The number of rotatable bonds is 1. The lowest BCUT2D eigenvalue weighted by Crippen LogP contribution is -1.85. The van der Waals surface area contributed by atoms with Crippen molar-refractivity contribution in [3.63, 3.8) is 0 Å². The number of fused-ring (bicyclic) bond motifs is 2. The predicted molar refractivity (Wildman–Crippen MR) is 75.9 cm³/mol. The van der Waals surface area contributed by atoms with Crippen molar-refractivity contribution in [2.45, 2.75) is 6.92 Å². The second kappa shape index (κ2) is 3.68. The van der Waals surface area contributed by atoms with Crippen LogP contribution in [-0.4, -0.2) is 19.9 Å². The summed E-state index contributed by atoms with van der Waals surface area (Å²) >= 11 is 0. The van der Waals surface area contributed by atoms with E-state index in [1.807, 2.05) is 6.07 Å². The third-order valence-corrected chi connectivity index (χ3v) is 3.58. The largest absolute Gasteiger partial charge is 0.345 e. The molecule has 0 aliphatic carbocycles. The van der Waals surface area contributed by atoms with E-state index in [1.165, 1.54) is 16.7 Å². The van der Waals surface area contributed by atoms with E-state index in [4.69, 9.17) is 0 Å². The summed E-state index contributed by atoms with van der Waals surface area (Å²) in [6.07, 6.45) is 3.46. The summed E-state index contributed by atoms with van der Waals surface area (Å²) in [5.41, 5.74) is 7.72. The topological polar surface area (TPSA) is 57.4 Å². The molecule has 19 heavy (non-hydrogen) atoms. The van der Waals surface area contributed by atoms with Gasteiger partial charge in [0.25, 0.3) is 0 Å². The molecule has 0 spiro atoms. The summed E-state index contributed by atoms with van der Waals surface area (Å²) in [7, 11) is 0. The van der Waals surface area contributed by atoms with Crippen molar-refractivity contribution in [3.8, 4) is 11.1 Å². The van der Waals surface area contributed by atoms with Gasteiger partial charge >= 0.3 is 0 Å². The van der Waals surface area contributed by atoms with Crippen LogP contribution in [0.4, 0.5) is 0 Å². The van der Waals surface area contributed by atoms with Crippen LogP contribution in [0.15, 0.2) is 43.0 Å². The number of hydrogen-bond acceptors (Lipinski definition) is 2. The van der Waals surface area contributed by atoms with Crippen molar-refractivity contribution in [2.75, 3.05) is 0 Å². The smallest absolute Gasteiger partial charge is 0.0931 e. The summed E-state index contributed by atoms with van der Waals surface area (Å²) in [5, 5.41) is 0. The van der Waals surface area contributed by atoms with Crippen molar-refractivity contribution in [1.29, 1.82) is 0 Å². The minimum absolute atomic E-state index is 0.988. The number of nitrogens with zero attached hydrogens (tertiary/aromatic N) is 2. The van der Waals surface area contributed by atoms with Gasteiger partial charge in [-0.25, -0.2) is 9.97 Å². The number of aromatic amines is 2. The molecule has 4 rings (SSSR count). The highest BCUT2D eigenvalue weighted by molar-refractivity contribution is 5.89. The molecule has 0 fully saturated rings. The Morgan fingerprint density at radius 3 is 2.68 bits per heavy atom. The van der Waals surface area contributed by atoms with Crippen molar-refractivity contribution in [3.05, 3.63) is 48.5 Å². The first-order valence-corrected chi connectivity index (χ1v) is 6.19. The monoisotopic (exact) mass is 248 g/mol. The van der Waals surface area contributed by atoms with Crippen LogP contribution in [0.5, 0.6) is 0 Å². The highest BCUT2D eigenvalue weighted by Gasteiger charge is 2.08. The molecule has 2 heterocycles. The lowest BCUT2D eigenvalue weighted by atomic mass is 9.99. The zero-order chi connectivity index (χ0) is 12.8. The minimum Gasteiger partial charge on any atom is -0.345 e. The SMILES string of the molecule is Cc1c(-c2ccc3nc[nH]c3c2)ccc2[nH]cnc12. The van der Waals surface area contributed by atoms with Crippen molar-refractivity contribution in [1.82, 2.24) is 19.9 Å². The Labute approximate surface area is 109 Å². The number of hydrogen-bond donors (Lipinski definition) is 2. The Morgan fingerprint density at radius 2 is 1.74 bits per heavy atom. The molecule has 0 atom stereocenters. The number of benzene rings is 2. The lowest BCUT2D eigenvalue weighted by molar-refractivity contribution is 1.34. The molecule has 2 aromatic heterocycles. The summed E-state index contributed by atoms with van der Waals surface area (Å²) in [6.45, 7) is 2.11. The molecule has 0 amide bonds. The van der Waals surface area contributed by atoms with Gasteiger partial charge in [-0.05, 0) is 41.8 Å². The van der Waals surface area contributed by atoms with Gasteiger partial charge in [-0.3, -0.25) is 0 Å². The van der Waals surface area contributed by atoms with Crippen LogP contribution >= 0.6 is 0 Å². The highest BCUT2D eigenvalue weighted by atomic mass is 14.9. The molecular formula is C15H12N4. The number of aromatic nitrogens is 4. The molecule has 0 aliphatic rings. The molecule has 0 radical (unpaired) electrons. The van der Waals surface area contributed by atoms with E-state index in [0.29, 0.717) is 0 Å². The van der Waals surface area contributed by atoms with Gasteiger partial charge in [0, 0.05) is 0 Å². The molecule has 4 heteroatoms. The van der Waals surface area contributed by atoms with Gasteiger partial charge < -0.3 is 9.97 Å². The van der Waals surface area contributed by atoms with E-state index < -0.39 is 0 Å². The fraction of sp³-hybridized carbons (Fsp3) is 0.0667. The third kappa shape index (κ3) is 1.46. The molecule has 4 nitrogen and oxygen atoms in total. The molecule has 0 unspecified atom stereocenters. The molecular weight excluding hydrogens is 236 g/mol. The van der Waals surface area contributed by atoms with Gasteiger partial charge in [0.15, 0.2) is 0 Å². The molecule has 0 bridgehead atoms. The van der Waals surface area contributed by atoms with Crippen LogP contribution < -0.4 is 0 Å². The van der Waals surface area contributed by atoms with Crippen LogP contribution in [0.25, 0.3) is 33.2 Å². The summed E-state index contributed by atoms with van der Waals surface area (Å²) in [6, 6.07) is 10.5. The first-order valence-electron chi connectivity index (χ1n) is 6.19. The Morgan fingerprint density at radius 1 is 0.895 bits per heavy atom. The van der Waals surface area contributed by atoms with E-state index >= 15 is 0 Å². The first-order chi connectivity index (χ1) is 9.33. The van der Waals surface area contributed by atoms with Gasteiger partial charge in [-0.1, -0.05) is 12.1 Å². The first kappa shape index (κ1) is 10.3. The van der Waals surface area contributed by atoms with Crippen molar-refractivity contribution in [2.24, 2.45) is 0 Å². The molecule has 4 aromatic rings. The van der Waals surface area contributed by atoms with Gasteiger partial charge in [0.1, 0.15) is 0 Å². The van der Waals surface area contributed by atoms with E-state index in [0.717, 1.165) is 22.1 Å². The Bertz CT molecular complexity index is 885. The lowest BCUT2D eigenvalue weighted by Gasteiger charge is -2.06. The quantitative estimate of drug-likeness (QED) is 0.542. The molecule has 0 aliphatic heterocycles. The Hall–Kier alpha value is -2.62. The molecule has 0 saturated heterocycles. The number of nitrogens with one attached hydrogen (secondary N) is 2. The van der Waals surface area contributed by atoms with Crippen LogP contribution in [0.2, 0.25) is 0 Å². The second-order valence-corrected chi connectivity index (χ2v) is 4.67. The molecule has 92 valence electrons. The minimum atomic E-state index is 0.988. The van der Waals surface area contributed by atoms with Gasteiger partial charge in [-0.15, -0.1) is 0 Å². The fourth-order valence-electron chi connectivity index (χ4n) is 2.57. The maximum atomic E-state index is 4.38. The number of aryl methyl sites for hydroxylation is 1. The fourth-order valence-corrected chi connectivity index (χ4v) is 2.57. The second-order valence-electron chi connectivity index (χ2n) is 4.67. The van der Waals surface area contributed by atoms with Gasteiger partial charge in [-0.2, -0.15) is 0 Å². The average molecular weight is 248 g/mol. The van der Waals surface area contributed by atoms with E-state index in [-0.39, 0.29) is 0 Å². The molecule has 2 aromatic carbocycles. The Balaban J connectivity index is 1.99. The summed E-state index contributed by atoms with van der Waals surface area (Å²) in [4.78, 5) is 14.9. The third-order valence-electron chi connectivity index (χ3n) is 3.58. The van der Waals surface area contributed by atoms with Crippen LogP contribution in [0.3, 0.4) is 0 Å². The highest BCUT2D eigenvalue weighted by Crippen LogP contribution is 2.29. The molecule has 2 N–H and O–H groups in total. The number of H-pyrrole nitrogens is 2. The zero-order valence-electron chi connectivity index (χ0n) is 10.4. The number of imidazole rings is 2. The Kier molecular flexibility index (Phi) is 2.00. The summed E-state index contributed by atoms with van der Waals surface area (Å²) < 4.78 is 0. The van der Waals surface area contributed by atoms with Crippen LogP contribution in [0, 0.1) is 6.92 Å². The van der Waals surface area contributed by atoms with E-state index in [2.05, 4.69) is 51.1 Å². The maximum absolute atomic E-state index is 4.38. The standard InChI is InChI=1S/C15H12N4/c1-9-11(3-5-13-15(9)19-8-17-13)10-2-4-12-14(6-10)18-7-16-12/h2-8H,1H3,(H,16,18)(H,17,19). The van der Waals surface area contributed by atoms with Crippen LogP contribution in [0.1, 0.15) is 5.56 Å². The summed E-state index contributed by atoms with van der Waals surface area (Å²) in [5.74, 6) is 0. The zero-order valence-corrected chi connectivity index (χ0v) is 10.4. The van der Waals surface area contributed by atoms with Gasteiger partial charge in [0.05, 0.1) is 34.7 Å². The van der Waals surface area contributed by atoms with Crippen molar-refractivity contribution >= 4 is 22.1 Å². The average Bonchev–Trinajstić information content (AvgIpc) is 3.07. The van der Waals surface area contributed by atoms with Crippen LogP contribution in [-0.2, 0) is 0 Å².